The van der Waals surface area contributed by atoms with Gasteiger partial charge in [-0.3, -0.25) is 4.79 Å². The highest BCUT2D eigenvalue weighted by Gasteiger charge is 2.40. The van der Waals surface area contributed by atoms with Crippen LogP contribution in [-0.2, 0) is 14.8 Å². The van der Waals surface area contributed by atoms with Crippen molar-refractivity contribution in [1.29, 1.82) is 0 Å². The summed E-state index contributed by atoms with van der Waals surface area (Å²) >= 11 is 0. The van der Waals surface area contributed by atoms with Crippen molar-refractivity contribution in [1.82, 2.24) is 19.8 Å². The molecule has 4 rings (SSSR count). The normalized spacial score (nSPS) is 18.1. The van der Waals surface area contributed by atoms with Gasteiger partial charge in [0.15, 0.2) is 0 Å². The van der Waals surface area contributed by atoms with E-state index < -0.39 is 28.0 Å². The molecule has 0 saturated carbocycles. The zero-order chi connectivity index (χ0) is 22.0. The first-order valence-electron chi connectivity index (χ1n) is 9.83. The molecule has 0 spiro atoms. The summed E-state index contributed by atoms with van der Waals surface area (Å²) in [5.41, 5.74) is 0.575. The molecule has 1 aliphatic heterocycles. The number of nitrogens with zero attached hydrogens (tertiary/aromatic N) is 3. The molecule has 2 unspecified atom stereocenters. The standard InChI is InChI=1S/C21H21FN4O4S/c1-14(21-24-19(25-30-21)15-9-11-16(22)12-10-15)23-20(27)18-8-5-13-26(18)31(28,29)17-6-3-2-4-7-17/h2-4,6-7,9-12,14,18H,5,8,13H2,1H3,(H,23,27). The van der Waals surface area contributed by atoms with Crippen LogP contribution < -0.4 is 5.32 Å². The Morgan fingerprint density at radius 3 is 2.61 bits per heavy atom. The van der Waals surface area contributed by atoms with Crippen LogP contribution in [0.2, 0.25) is 0 Å². The molecule has 1 aliphatic rings. The lowest BCUT2D eigenvalue weighted by atomic mass is 10.2. The maximum Gasteiger partial charge on any atom is 0.249 e. The second-order valence-corrected chi connectivity index (χ2v) is 9.17. The van der Waals surface area contributed by atoms with Gasteiger partial charge in [-0.15, -0.1) is 0 Å². The van der Waals surface area contributed by atoms with Crippen molar-refractivity contribution in [3.8, 4) is 11.4 Å². The smallest absolute Gasteiger partial charge is 0.249 e. The van der Waals surface area contributed by atoms with Crippen LogP contribution in [0.15, 0.2) is 64.0 Å². The highest BCUT2D eigenvalue weighted by molar-refractivity contribution is 7.89. The summed E-state index contributed by atoms with van der Waals surface area (Å²) < 4.78 is 45.5. The minimum Gasteiger partial charge on any atom is -0.343 e. The van der Waals surface area contributed by atoms with Gasteiger partial charge in [0.1, 0.15) is 17.9 Å². The highest BCUT2D eigenvalue weighted by Crippen LogP contribution is 2.27. The molecule has 1 saturated heterocycles. The van der Waals surface area contributed by atoms with Gasteiger partial charge in [0.05, 0.1) is 4.90 Å². The van der Waals surface area contributed by atoms with Crippen molar-refractivity contribution in [2.75, 3.05) is 6.54 Å². The maximum atomic E-state index is 13.1. The molecule has 1 fully saturated rings. The number of amides is 1. The summed E-state index contributed by atoms with van der Waals surface area (Å²) in [6, 6.07) is 12.2. The van der Waals surface area contributed by atoms with E-state index in [1.165, 1.54) is 40.7 Å². The molecular formula is C21H21FN4O4S. The van der Waals surface area contributed by atoms with Gasteiger partial charge in [-0.25, -0.2) is 12.8 Å². The van der Waals surface area contributed by atoms with Crippen LogP contribution in [0.5, 0.6) is 0 Å². The first-order valence-corrected chi connectivity index (χ1v) is 11.3. The average Bonchev–Trinajstić information content (AvgIpc) is 3.45. The fraction of sp³-hybridized carbons (Fsp3) is 0.286. The van der Waals surface area contributed by atoms with E-state index in [2.05, 4.69) is 15.5 Å². The van der Waals surface area contributed by atoms with E-state index in [4.69, 9.17) is 4.52 Å². The number of nitrogens with one attached hydrogen (secondary N) is 1. The molecule has 2 aromatic carbocycles. The molecule has 1 amide bonds. The Bertz CT molecular complexity index is 1170. The second-order valence-electron chi connectivity index (χ2n) is 7.28. The van der Waals surface area contributed by atoms with Crippen LogP contribution in [0.3, 0.4) is 0 Å². The minimum atomic E-state index is -3.78. The van der Waals surface area contributed by atoms with Crippen LogP contribution in [-0.4, -0.2) is 41.4 Å². The quantitative estimate of drug-likeness (QED) is 0.627. The van der Waals surface area contributed by atoms with Gasteiger partial charge in [0.2, 0.25) is 27.6 Å². The molecule has 1 aromatic heterocycles. The third-order valence-corrected chi connectivity index (χ3v) is 7.05. The summed E-state index contributed by atoms with van der Waals surface area (Å²) in [7, 11) is -3.78. The van der Waals surface area contributed by atoms with Crippen molar-refractivity contribution < 1.29 is 22.1 Å². The number of carbonyl (C=O) groups excluding carboxylic acids is 1. The van der Waals surface area contributed by atoms with Crippen molar-refractivity contribution in [3.63, 3.8) is 0 Å². The van der Waals surface area contributed by atoms with E-state index in [-0.39, 0.29) is 29.0 Å². The molecule has 8 nitrogen and oxygen atoms in total. The Morgan fingerprint density at radius 2 is 1.90 bits per heavy atom. The number of sulfonamides is 1. The van der Waals surface area contributed by atoms with Crippen molar-refractivity contribution in [3.05, 3.63) is 66.3 Å². The molecule has 0 aliphatic carbocycles. The van der Waals surface area contributed by atoms with Gasteiger partial charge >= 0.3 is 0 Å². The summed E-state index contributed by atoms with van der Waals surface area (Å²) in [5, 5.41) is 6.63. The predicted molar refractivity (Wildman–Crippen MR) is 110 cm³/mol. The van der Waals surface area contributed by atoms with Crippen LogP contribution in [0.25, 0.3) is 11.4 Å². The fourth-order valence-corrected chi connectivity index (χ4v) is 5.19. The molecular weight excluding hydrogens is 423 g/mol. The number of benzene rings is 2. The molecule has 1 N–H and O–H groups in total. The number of aromatic nitrogens is 2. The van der Waals surface area contributed by atoms with Crippen molar-refractivity contribution in [2.45, 2.75) is 36.7 Å². The first-order chi connectivity index (χ1) is 14.9. The summed E-state index contributed by atoms with van der Waals surface area (Å²) in [6.45, 7) is 1.95. The van der Waals surface area contributed by atoms with E-state index in [9.17, 15) is 17.6 Å². The Kier molecular flexibility index (Phi) is 5.84. The Labute approximate surface area is 179 Å². The average molecular weight is 444 g/mol. The minimum absolute atomic E-state index is 0.156. The van der Waals surface area contributed by atoms with Gasteiger partial charge in [-0.2, -0.15) is 9.29 Å². The fourth-order valence-electron chi connectivity index (χ4n) is 3.52. The van der Waals surface area contributed by atoms with E-state index in [0.29, 0.717) is 18.4 Å². The molecule has 0 radical (unpaired) electrons. The Balaban J connectivity index is 1.47. The number of rotatable bonds is 6. The lowest BCUT2D eigenvalue weighted by Gasteiger charge is -2.24. The van der Waals surface area contributed by atoms with Gasteiger partial charge in [-0.1, -0.05) is 23.4 Å². The lowest BCUT2D eigenvalue weighted by Crippen LogP contribution is -2.46. The van der Waals surface area contributed by atoms with E-state index in [1.54, 1.807) is 25.1 Å². The number of hydrogen-bond acceptors (Lipinski definition) is 6. The van der Waals surface area contributed by atoms with Crippen LogP contribution >= 0.6 is 0 Å². The van der Waals surface area contributed by atoms with E-state index in [0.717, 1.165) is 0 Å². The Morgan fingerprint density at radius 1 is 1.19 bits per heavy atom. The Hall–Kier alpha value is -3.11. The molecule has 10 heteroatoms. The van der Waals surface area contributed by atoms with Gasteiger partial charge in [0.25, 0.3) is 0 Å². The first kappa shape index (κ1) is 21.1. The molecule has 2 heterocycles. The third kappa shape index (κ3) is 4.35. The summed E-state index contributed by atoms with van der Waals surface area (Å²) in [6.07, 6.45) is 1.02. The van der Waals surface area contributed by atoms with Crippen molar-refractivity contribution >= 4 is 15.9 Å². The number of hydrogen-bond donors (Lipinski definition) is 1. The van der Waals surface area contributed by atoms with Gasteiger partial charge in [0, 0.05) is 12.1 Å². The molecule has 2 atom stereocenters. The van der Waals surface area contributed by atoms with Gasteiger partial charge < -0.3 is 9.84 Å². The summed E-state index contributed by atoms with van der Waals surface area (Å²) in [5.74, 6) is -0.362. The van der Waals surface area contributed by atoms with E-state index in [1.807, 2.05) is 0 Å². The SMILES string of the molecule is CC(NC(=O)C1CCCN1S(=O)(=O)c1ccccc1)c1nc(-c2ccc(F)cc2)no1. The summed E-state index contributed by atoms with van der Waals surface area (Å²) in [4.78, 5) is 17.3. The topological polar surface area (TPSA) is 105 Å². The van der Waals surface area contributed by atoms with Crippen LogP contribution in [0.1, 0.15) is 31.7 Å². The largest absolute Gasteiger partial charge is 0.343 e. The zero-order valence-corrected chi connectivity index (χ0v) is 17.5. The molecule has 0 bridgehead atoms. The monoisotopic (exact) mass is 444 g/mol. The predicted octanol–water partition coefficient (Wildman–Crippen LogP) is 2.91. The van der Waals surface area contributed by atoms with Crippen LogP contribution in [0, 0.1) is 5.82 Å². The highest BCUT2D eigenvalue weighted by atomic mass is 32.2. The third-order valence-electron chi connectivity index (χ3n) is 5.13. The van der Waals surface area contributed by atoms with Crippen LogP contribution in [0.4, 0.5) is 4.39 Å². The number of halogens is 1. The molecule has 31 heavy (non-hydrogen) atoms. The molecule has 3 aromatic rings. The molecule has 162 valence electrons. The number of carbonyl (C=O) groups is 1. The van der Waals surface area contributed by atoms with E-state index >= 15 is 0 Å². The lowest BCUT2D eigenvalue weighted by molar-refractivity contribution is -0.125. The van der Waals surface area contributed by atoms with Crippen molar-refractivity contribution in [2.24, 2.45) is 0 Å². The zero-order valence-electron chi connectivity index (χ0n) is 16.7. The second kappa shape index (κ2) is 8.56. The maximum absolute atomic E-state index is 13.1. The van der Waals surface area contributed by atoms with Gasteiger partial charge in [-0.05, 0) is 56.2 Å².